The summed E-state index contributed by atoms with van der Waals surface area (Å²) in [5, 5.41) is 3.59. The summed E-state index contributed by atoms with van der Waals surface area (Å²) in [4.78, 5) is 2.46. The van der Waals surface area contributed by atoms with E-state index in [1.807, 2.05) is 0 Å². The molecule has 0 bridgehead atoms. The van der Waals surface area contributed by atoms with E-state index in [0.717, 1.165) is 39.4 Å². The number of ether oxygens (including phenoxy) is 1. The van der Waals surface area contributed by atoms with Crippen LogP contribution in [0.25, 0.3) is 0 Å². The van der Waals surface area contributed by atoms with Crippen LogP contribution in [0.5, 0.6) is 0 Å². The van der Waals surface area contributed by atoms with Gasteiger partial charge in [-0.1, -0.05) is 28.1 Å². The SMILES string of the molecule is Cc1ccc(CNC(C)CN2CCOCC2)cc1Br. The number of hydrogen-bond donors (Lipinski definition) is 1. The fourth-order valence-electron chi connectivity index (χ4n) is 2.27. The molecular weight excluding hydrogens is 304 g/mol. The molecule has 19 heavy (non-hydrogen) atoms. The number of halogens is 1. The quantitative estimate of drug-likeness (QED) is 0.900. The Balaban J connectivity index is 1.75. The van der Waals surface area contributed by atoms with Crippen LogP contribution in [0, 0.1) is 6.92 Å². The number of morpholine rings is 1. The predicted octanol–water partition coefficient (Wildman–Crippen LogP) is 2.57. The lowest BCUT2D eigenvalue weighted by Crippen LogP contribution is -2.44. The van der Waals surface area contributed by atoms with E-state index in [1.165, 1.54) is 15.6 Å². The molecule has 1 N–H and O–H groups in total. The molecule has 3 nitrogen and oxygen atoms in total. The molecule has 0 amide bonds. The van der Waals surface area contributed by atoms with Crippen LogP contribution in [0.15, 0.2) is 22.7 Å². The van der Waals surface area contributed by atoms with Crippen molar-refractivity contribution in [3.05, 3.63) is 33.8 Å². The average Bonchev–Trinajstić information content (AvgIpc) is 2.41. The van der Waals surface area contributed by atoms with E-state index in [4.69, 9.17) is 4.74 Å². The van der Waals surface area contributed by atoms with Crippen LogP contribution in [0.4, 0.5) is 0 Å². The van der Waals surface area contributed by atoms with Crippen molar-refractivity contribution in [2.45, 2.75) is 26.4 Å². The second kappa shape index (κ2) is 7.39. The van der Waals surface area contributed by atoms with Gasteiger partial charge >= 0.3 is 0 Å². The van der Waals surface area contributed by atoms with Crippen molar-refractivity contribution in [2.75, 3.05) is 32.8 Å². The lowest BCUT2D eigenvalue weighted by molar-refractivity contribution is 0.0343. The first-order chi connectivity index (χ1) is 9.15. The van der Waals surface area contributed by atoms with Gasteiger partial charge in [0.05, 0.1) is 13.2 Å². The van der Waals surface area contributed by atoms with Gasteiger partial charge in [-0.2, -0.15) is 0 Å². The average molecular weight is 327 g/mol. The third-order valence-electron chi connectivity index (χ3n) is 3.53. The van der Waals surface area contributed by atoms with Crippen LogP contribution < -0.4 is 5.32 Å². The molecule has 1 fully saturated rings. The fourth-order valence-corrected chi connectivity index (χ4v) is 2.70. The van der Waals surface area contributed by atoms with Crippen LogP contribution in [-0.2, 0) is 11.3 Å². The van der Waals surface area contributed by atoms with Crippen LogP contribution >= 0.6 is 15.9 Å². The lowest BCUT2D eigenvalue weighted by Gasteiger charge is -2.29. The molecule has 1 saturated heterocycles. The molecule has 0 spiro atoms. The molecule has 0 aliphatic carbocycles. The third-order valence-corrected chi connectivity index (χ3v) is 4.38. The highest BCUT2D eigenvalue weighted by Crippen LogP contribution is 2.17. The Labute approximate surface area is 124 Å². The minimum absolute atomic E-state index is 0.498. The molecule has 1 aromatic carbocycles. The zero-order valence-electron chi connectivity index (χ0n) is 11.8. The molecule has 1 aliphatic heterocycles. The highest BCUT2D eigenvalue weighted by Gasteiger charge is 2.13. The number of aryl methyl sites for hydroxylation is 1. The monoisotopic (exact) mass is 326 g/mol. The highest BCUT2D eigenvalue weighted by molar-refractivity contribution is 9.10. The zero-order valence-corrected chi connectivity index (χ0v) is 13.4. The van der Waals surface area contributed by atoms with Crippen molar-refractivity contribution >= 4 is 15.9 Å². The van der Waals surface area contributed by atoms with Gasteiger partial charge in [-0.25, -0.2) is 0 Å². The normalized spacial score (nSPS) is 18.5. The van der Waals surface area contributed by atoms with E-state index >= 15 is 0 Å². The first kappa shape index (κ1) is 15.0. The van der Waals surface area contributed by atoms with E-state index in [1.54, 1.807) is 0 Å². The van der Waals surface area contributed by atoms with Gasteiger partial charge in [0.1, 0.15) is 0 Å². The standard InChI is InChI=1S/C15H23BrN2O/c1-12-3-4-14(9-15(12)16)10-17-13(2)11-18-5-7-19-8-6-18/h3-4,9,13,17H,5-8,10-11H2,1-2H3. The molecular formula is C15H23BrN2O. The summed E-state index contributed by atoms with van der Waals surface area (Å²) in [7, 11) is 0. The number of nitrogens with one attached hydrogen (secondary N) is 1. The Kier molecular flexibility index (Phi) is 5.82. The Bertz CT molecular complexity index is 405. The van der Waals surface area contributed by atoms with E-state index in [9.17, 15) is 0 Å². The van der Waals surface area contributed by atoms with Gasteiger partial charge in [-0.3, -0.25) is 4.90 Å². The molecule has 1 unspecified atom stereocenters. The second-order valence-corrected chi connectivity index (χ2v) is 6.13. The summed E-state index contributed by atoms with van der Waals surface area (Å²) in [5.41, 5.74) is 2.61. The topological polar surface area (TPSA) is 24.5 Å². The van der Waals surface area contributed by atoms with Gasteiger partial charge in [0.25, 0.3) is 0 Å². The largest absolute Gasteiger partial charge is 0.379 e. The van der Waals surface area contributed by atoms with E-state index in [-0.39, 0.29) is 0 Å². The second-order valence-electron chi connectivity index (χ2n) is 5.28. The summed E-state index contributed by atoms with van der Waals surface area (Å²) in [6, 6.07) is 7.05. The van der Waals surface area contributed by atoms with Gasteiger partial charge in [0, 0.05) is 36.7 Å². The molecule has 4 heteroatoms. The zero-order chi connectivity index (χ0) is 13.7. The number of rotatable bonds is 5. The van der Waals surface area contributed by atoms with Gasteiger partial charge in [0.15, 0.2) is 0 Å². The first-order valence-corrected chi connectivity index (χ1v) is 7.73. The summed E-state index contributed by atoms with van der Waals surface area (Å²) < 4.78 is 6.56. The van der Waals surface area contributed by atoms with Crippen molar-refractivity contribution in [3.63, 3.8) is 0 Å². The fraction of sp³-hybridized carbons (Fsp3) is 0.600. The van der Waals surface area contributed by atoms with Crippen molar-refractivity contribution in [3.8, 4) is 0 Å². The molecule has 0 aromatic heterocycles. The maximum atomic E-state index is 5.37. The smallest absolute Gasteiger partial charge is 0.0594 e. The summed E-state index contributed by atoms with van der Waals surface area (Å²) in [5.74, 6) is 0. The van der Waals surface area contributed by atoms with Crippen molar-refractivity contribution in [1.82, 2.24) is 10.2 Å². The molecule has 1 aliphatic rings. The van der Waals surface area contributed by atoms with Crippen LogP contribution in [0.2, 0.25) is 0 Å². The third kappa shape index (κ3) is 4.88. The van der Waals surface area contributed by atoms with Crippen molar-refractivity contribution in [1.29, 1.82) is 0 Å². The Morgan fingerprint density at radius 2 is 2.11 bits per heavy atom. The minimum Gasteiger partial charge on any atom is -0.379 e. The maximum Gasteiger partial charge on any atom is 0.0594 e. The minimum atomic E-state index is 0.498. The Hall–Kier alpha value is -0.420. The molecule has 1 heterocycles. The molecule has 1 atom stereocenters. The van der Waals surface area contributed by atoms with Gasteiger partial charge in [0.2, 0.25) is 0 Å². The molecule has 1 aromatic rings. The Morgan fingerprint density at radius 1 is 1.37 bits per heavy atom. The van der Waals surface area contributed by atoms with Crippen molar-refractivity contribution < 1.29 is 4.74 Å². The Morgan fingerprint density at radius 3 is 2.79 bits per heavy atom. The molecule has 0 radical (unpaired) electrons. The van der Waals surface area contributed by atoms with E-state index in [0.29, 0.717) is 6.04 Å². The number of hydrogen-bond acceptors (Lipinski definition) is 3. The molecule has 106 valence electrons. The van der Waals surface area contributed by atoms with Crippen LogP contribution in [0.3, 0.4) is 0 Å². The summed E-state index contributed by atoms with van der Waals surface area (Å²) in [6.07, 6.45) is 0. The number of nitrogens with zero attached hydrogens (tertiary/aromatic N) is 1. The summed E-state index contributed by atoms with van der Waals surface area (Å²) >= 11 is 3.58. The highest BCUT2D eigenvalue weighted by atomic mass is 79.9. The van der Waals surface area contributed by atoms with Crippen molar-refractivity contribution in [2.24, 2.45) is 0 Å². The van der Waals surface area contributed by atoms with Crippen LogP contribution in [-0.4, -0.2) is 43.8 Å². The van der Waals surface area contributed by atoms with E-state index < -0.39 is 0 Å². The first-order valence-electron chi connectivity index (χ1n) is 6.93. The number of benzene rings is 1. The van der Waals surface area contributed by atoms with E-state index in [2.05, 4.69) is 58.2 Å². The maximum absolute atomic E-state index is 5.37. The van der Waals surface area contributed by atoms with Crippen LogP contribution in [0.1, 0.15) is 18.1 Å². The van der Waals surface area contributed by atoms with Gasteiger partial charge in [-0.15, -0.1) is 0 Å². The molecule has 0 saturated carbocycles. The lowest BCUT2D eigenvalue weighted by atomic mass is 10.1. The molecule has 2 rings (SSSR count). The predicted molar refractivity (Wildman–Crippen MR) is 82.4 cm³/mol. The summed E-state index contributed by atoms with van der Waals surface area (Å²) in [6.45, 7) is 10.2. The van der Waals surface area contributed by atoms with Gasteiger partial charge in [-0.05, 0) is 31.0 Å². The van der Waals surface area contributed by atoms with Gasteiger partial charge < -0.3 is 10.1 Å².